The summed E-state index contributed by atoms with van der Waals surface area (Å²) in [7, 11) is 3.81. The largest absolute Gasteiger partial charge is 0.364 e. The predicted molar refractivity (Wildman–Crippen MR) is 82.1 cm³/mol. The lowest BCUT2D eigenvalue weighted by atomic mass is 10.3. The molecule has 1 fully saturated rings. The summed E-state index contributed by atoms with van der Waals surface area (Å²) in [5.74, 6) is 1.86. The number of aromatic nitrogens is 1. The maximum atomic E-state index is 4.81. The first-order valence-electron chi connectivity index (χ1n) is 6.10. The van der Waals surface area contributed by atoms with Crippen LogP contribution in [0.4, 0.5) is 0 Å². The first kappa shape index (κ1) is 15.3. The Balaban J connectivity index is 0.00000162. The molecule has 0 radical (unpaired) electrons. The van der Waals surface area contributed by atoms with Crippen LogP contribution in [0.1, 0.15) is 25.0 Å². The van der Waals surface area contributed by atoms with Crippen LogP contribution < -0.4 is 5.32 Å². The van der Waals surface area contributed by atoms with Crippen LogP contribution in [-0.2, 0) is 6.54 Å². The minimum atomic E-state index is 0. The van der Waals surface area contributed by atoms with E-state index in [-0.39, 0.29) is 24.0 Å². The van der Waals surface area contributed by atoms with E-state index in [1.807, 2.05) is 18.0 Å². The molecule has 1 heterocycles. The van der Waals surface area contributed by atoms with Crippen molar-refractivity contribution in [1.29, 1.82) is 0 Å². The second-order valence-corrected chi connectivity index (χ2v) is 4.55. The number of halogens is 1. The highest BCUT2D eigenvalue weighted by Crippen LogP contribution is 2.31. The van der Waals surface area contributed by atoms with E-state index in [9.17, 15) is 0 Å². The van der Waals surface area contributed by atoms with Crippen molar-refractivity contribution < 1.29 is 4.52 Å². The van der Waals surface area contributed by atoms with E-state index < -0.39 is 0 Å². The average molecular weight is 364 g/mol. The third-order valence-electron chi connectivity index (χ3n) is 3.00. The molecule has 0 saturated heterocycles. The number of nitrogens with zero attached hydrogens (tertiary/aromatic N) is 3. The van der Waals surface area contributed by atoms with Crippen LogP contribution in [0.2, 0.25) is 0 Å². The van der Waals surface area contributed by atoms with Crippen LogP contribution in [0.5, 0.6) is 0 Å². The Morgan fingerprint density at radius 2 is 2.39 bits per heavy atom. The maximum Gasteiger partial charge on any atom is 0.193 e. The van der Waals surface area contributed by atoms with Crippen molar-refractivity contribution in [3.63, 3.8) is 0 Å². The van der Waals surface area contributed by atoms with Gasteiger partial charge >= 0.3 is 0 Å². The van der Waals surface area contributed by atoms with Crippen LogP contribution >= 0.6 is 24.0 Å². The normalized spacial score (nSPS) is 15.1. The van der Waals surface area contributed by atoms with E-state index in [4.69, 9.17) is 4.52 Å². The molecular weight excluding hydrogens is 343 g/mol. The SMILES string of the molecule is CN=C(NCCC1CC1)N(C)Cc1ccon1.I. The number of hydrogen-bond donors (Lipinski definition) is 1. The number of rotatable bonds is 5. The van der Waals surface area contributed by atoms with Gasteiger partial charge in [-0.2, -0.15) is 0 Å². The zero-order valence-corrected chi connectivity index (χ0v) is 13.3. The number of guanidine groups is 1. The zero-order chi connectivity index (χ0) is 12.1. The van der Waals surface area contributed by atoms with Crippen molar-refractivity contribution in [2.24, 2.45) is 10.9 Å². The lowest BCUT2D eigenvalue weighted by Gasteiger charge is -2.20. The molecule has 6 heteroatoms. The van der Waals surface area contributed by atoms with E-state index >= 15 is 0 Å². The van der Waals surface area contributed by atoms with Crippen molar-refractivity contribution in [2.75, 3.05) is 20.6 Å². The van der Waals surface area contributed by atoms with E-state index in [2.05, 4.69) is 15.5 Å². The molecule has 1 N–H and O–H groups in total. The van der Waals surface area contributed by atoms with Crippen LogP contribution in [0, 0.1) is 5.92 Å². The standard InChI is InChI=1S/C12H20N4O.HI/c1-13-12(14-7-5-10-3-4-10)16(2)9-11-6-8-17-15-11;/h6,8,10H,3-5,7,9H2,1-2H3,(H,13,14);1H. The molecule has 0 bridgehead atoms. The monoisotopic (exact) mass is 364 g/mol. The van der Waals surface area contributed by atoms with Gasteiger partial charge < -0.3 is 14.7 Å². The molecule has 2 rings (SSSR count). The van der Waals surface area contributed by atoms with Crippen LogP contribution in [0.3, 0.4) is 0 Å². The number of nitrogens with one attached hydrogen (secondary N) is 1. The molecule has 0 atom stereocenters. The fraction of sp³-hybridized carbons (Fsp3) is 0.667. The highest BCUT2D eigenvalue weighted by Gasteiger charge is 2.20. The maximum absolute atomic E-state index is 4.81. The minimum absolute atomic E-state index is 0. The van der Waals surface area contributed by atoms with Crippen molar-refractivity contribution in [2.45, 2.75) is 25.8 Å². The molecule has 1 aromatic rings. The predicted octanol–water partition coefficient (Wildman–Crippen LogP) is 2.10. The summed E-state index contributed by atoms with van der Waals surface area (Å²) >= 11 is 0. The van der Waals surface area contributed by atoms with Gasteiger partial charge in [0.05, 0.1) is 6.54 Å². The van der Waals surface area contributed by atoms with E-state index in [1.54, 1.807) is 13.3 Å². The quantitative estimate of drug-likeness (QED) is 0.494. The summed E-state index contributed by atoms with van der Waals surface area (Å²) in [5, 5.41) is 7.26. The topological polar surface area (TPSA) is 53.7 Å². The third-order valence-corrected chi connectivity index (χ3v) is 3.00. The molecule has 0 unspecified atom stereocenters. The Kier molecular flexibility index (Phi) is 6.45. The lowest BCUT2D eigenvalue weighted by Crippen LogP contribution is -2.39. The first-order chi connectivity index (χ1) is 8.29. The van der Waals surface area contributed by atoms with Crippen LogP contribution in [0.25, 0.3) is 0 Å². The van der Waals surface area contributed by atoms with Crippen molar-refractivity contribution in [1.82, 2.24) is 15.4 Å². The van der Waals surface area contributed by atoms with Crippen LogP contribution in [0.15, 0.2) is 21.8 Å². The minimum Gasteiger partial charge on any atom is -0.364 e. The van der Waals surface area contributed by atoms with Gasteiger partial charge in [-0.1, -0.05) is 18.0 Å². The van der Waals surface area contributed by atoms with E-state index in [0.717, 1.165) is 24.1 Å². The molecule has 102 valence electrons. The Bertz CT molecular complexity index is 362. The van der Waals surface area contributed by atoms with Crippen molar-refractivity contribution >= 4 is 29.9 Å². The summed E-state index contributed by atoms with van der Waals surface area (Å²) in [6.07, 6.45) is 5.63. The van der Waals surface area contributed by atoms with Crippen LogP contribution in [-0.4, -0.2) is 36.7 Å². The molecule has 0 spiro atoms. The highest BCUT2D eigenvalue weighted by molar-refractivity contribution is 14.0. The highest BCUT2D eigenvalue weighted by atomic mass is 127. The Hall–Kier alpha value is -0.790. The molecule has 1 saturated carbocycles. The van der Waals surface area contributed by atoms with Gasteiger partial charge in [0.15, 0.2) is 5.96 Å². The van der Waals surface area contributed by atoms with E-state index in [0.29, 0.717) is 6.54 Å². The van der Waals surface area contributed by atoms with Gasteiger partial charge in [-0.25, -0.2) is 0 Å². The van der Waals surface area contributed by atoms with E-state index in [1.165, 1.54) is 19.3 Å². The van der Waals surface area contributed by atoms with Crippen molar-refractivity contribution in [3.05, 3.63) is 18.0 Å². The number of hydrogen-bond acceptors (Lipinski definition) is 3. The second kappa shape index (κ2) is 7.60. The van der Waals surface area contributed by atoms with Gasteiger partial charge in [-0.05, 0) is 12.3 Å². The van der Waals surface area contributed by atoms with Crippen molar-refractivity contribution in [3.8, 4) is 0 Å². The molecule has 0 aliphatic heterocycles. The summed E-state index contributed by atoms with van der Waals surface area (Å²) in [6.45, 7) is 1.71. The molecule has 1 aliphatic rings. The summed E-state index contributed by atoms with van der Waals surface area (Å²) < 4.78 is 4.81. The first-order valence-corrected chi connectivity index (χ1v) is 6.10. The fourth-order valence-corrected chi connectivity index (χ4v) is 1.82. The average Bonchev–Trinajstić information content (AvgIpc) is 3.01. The molecule has 0 aromatic carbocycles. The number of aliphatic imine (C=N–C) groups is 1. The summed E-state index contributed by atoms with van der Waals surface area (Å²) in [5.41, 5.74) is 0.914. The van der Waals surface area contributed by atoms with Gasteiger partial charge in [0.25, 0.3) is 0 Å². The van der Waals surface area contributed by atoms with Gasteiger partial charge in [-0.3, -0.25) is 4.99 Å². The summed E-state index contributed by atoms with van der Waals surface area (Å²) in [6, 6.07) is 1.87. The third kappa shape index (κ3) is 4.83. The molecule has 1 aromatic heterocycles. The molecule has 1 aliphatic carbocycles. The van der Waals surface area contributed by atoms with Gasteiger partial charge in [0, 0.05) is 26.7 Å². The lowest BCUT2D eigenvalue weighted by molar-refractivity contribution is 0.391. The second-order valence-electron chi connectivity index (χ2n) is 4.55. The summed E-state index contributed by atoms with van der Waals surface area (Å²) in [4.78, 5) is 6.31. The Labute approximate surface area is 125 Å². The molecule has 18 heavy (non-hydrogen) atoms. The Morgan fingerprint density at radius 3 is 2.94 bits per heavy atom. The van der Waals surface area contributed by atoms with Gasteiger partial charge in [0.2, 0.25) is 0 Å². The smallest absolute Gasteiger partial charge is 0.193 e. The van der Waals surface area contributed by atoms with Gasteiger partial charge in [-0.15, -0.1) is 24.0 Å². The fourth-order valence-electron chi connectivity index (χ4n) is 1.82. The van der Waals surface area contributed by atoms with Gasteiger partial charge in [0.1, 0.15) is 12.0 Å². The molecular formula is C12H21IN4O. The molecule has 0 amide bonds. The Morgan fingerprint density at radius 1 is 1.61 bits per heavy atom. The zero-order valence-electron chi connectivity index (χ0n) is 10.9. The molecule has 5 nitrogen and oxygen atoms in total.